The van der Waals surface area contributed by atoms with E-state index in [1.807, 2.05) is 0 Å². The molecule has 0 aromatic carbocycles. The lowest BCUT2D eigenvalue weighted by molar-refractivity contribution is -0.385. The first-order valence-electron chi connectivity index (χ1n) is 7.14. The zero-order valence-corrected chi connectivity index (χ0v) is 13.1. The third kappa shape index (κ3) is 3.80. The summed E-state index contributed by atoms with van der Waals surface area (Å²) in [6.07, 6.45) is 3.63. The summed E-state index contributed by atoms with van der Waals surface area (Å²) < 4.78 is 16.2. The van der Waals surface area contributed by atoms with Crippen LogP contribution in [0.5, 0.6) is 0 Å². The maximum Gasteiger partial charge on any atom is 0.309 e. The second kappa shape index (κ2) is 7.44. The van der Waals surface area contributed by atoms with Gasteiger partial charge in [-0.05, 0) is 13.8 Å². The summed E-state index contributed by atoms with van der Waals surface area (Å²) in [5, 5.41) is 22.0. The maximum absolute atomic E-state index is 13.7. The number of halogens is 1. The Hall–Kier alpha value is -3.11. The van der Waals surface area contributed by atoms with E-state index < -0.39 is 16.8 Å². The first-order chi connectivity index (χ1) is 11.4. The minimum Gasteiger partial charge on any atom is -0.273 e. The molecule has 2 heterocycles. The highest BCUT2D eigenvalue weighted by molar-refractivity contribution is 5.82. The standard InChI is InChI=1S/C13H16FN7O3/c1-3-19-13(14)10(7-16-19)6-15-18-12(22)4-5-20-9(2)11(8-17-20)21(23)24/h6-8H,3-5H2,1-2H3,(H,18,22)/b15-6+. The van der Waals surface area contributed by atoms with Crippen molar-refractivity contribution < 1.29 is 14.1 Å². The second-order valence-electron chi connectivity index (χ2n) is 4.85. The molecule has 0 spiro atoms. The number of nitro groups is 1. The normalized spacial score (nSPS) is 11.1. The molecule has 0 radical (unpaired) electrons. The third-order valence-electron chi connectivity index (χ3n) is 3.32. The van der Waals surface area contributed by atoms with Crippen LogP contribution in [0.1, 0.15) is 24.6 Å². The van der Waals surface area contributed by atoms with E-state index in [1.54, 1.807) is 13.8 Å². The topological polar surface area (TPSA) is 120 Å². The Morgan fingerprint density at radius 1 is 1.46 bits per heavy atom. The molecule has 0 aliphatic rings. The lowest BCUT2D eigenvalue weighted by Crippen LogP contribution is -2.20. The van der Waals surface area contributed by atoms with Crippen LogP contribution in [-0.2, 0) is 17.9 Å². The van der Waals surface area contributed by atoms with Crippen molar-refractivity contribution in [3.8, 4) is 0 Å². The molecule has 0 fully saturated rings. The van der Waals surface area contributed by atoms with Gasteiger partial charge < -0.3 is 0 Å². The zero-order valence-electron chi connectivity index (χ0n) is 13.1. The van der Waals surface area contributed by atoms with Crippen molar-refractivity contribution in [1.29, 1.82) is 0 Å². The molecule has 2 aromatic rings. The third-order valence-corrected chi connectivity index (χ3v) is 3.32. The summed E-state index contributed by atoms with van der Waals surface area (Å²) in [5.74, 6) is -0.956. The molecule has 0 saturated carbocycles. The highest BCUT2D eigenvalue weighted by atomic mass is 19.1. The van der Waals surface area contributed by atoms with Gasteiger partial charge in [-0.1, -0.05) is 0 Å². The van der Waals surface area contributed by atoms with Gasteiger partial charge in [-0.3, -0.25) is 19.6 Å². The van der Waals surface area contributed by atoms with Gasteiger partial charge in [0.2, 0.25) is 11.9 Å². The highest BCUT2D eigenvalue weighted by Gasteiger charge is 2.16. The number of nitrogens with one attached hydrogen (secondary N) is 1. The fourth-order valence-corrected chi connectivity index (χ4v) is 1.97. The van der Waals surface area contributed by atoms with Gasteiger partial charge in [0.1, 0.15) is 11.9 Å². The Kier molecular flexibility index (Phi) is 5.35. The number of carbonyl (C=O) groups is 1. The summed E-state index contributed by atoms with van der Waals surface area (Å²) in [6, 6.07) is 0. The number of hydrogen-bond donors (Lipinski definition) is 1. The molecule has 0 aliphatic carbocycles. The first kappa shape index (κ1) is 17.2. The SMILES string of the molecule is CCn1ncc(/C=N/NC(=O)CCn2ncc([N+](=O)[O-])c2C)c1F. The van der Waals surface area contributed by atoms with Gasteiger partial charge in [-0.25, -0.2) is 10.1 Å². The molecule has 0 unspecified atom stereocenters. The molecule has 128 valence electrons. The van der Waals surface area contributed by atoms with Gasteiger partial charge in [0.05, 0.1) is 29.4 Å². The van der Waals surface area contributed by atoms with Crippen LogP contribution >= 0.6 is 0 Å². The Labute approximate surface area is 136 Å². The van der Waals surface area contributed by atoms with Crippen LogP contribution in [0.25, 0.3) is 0 Å². The number of hydrazone groups is 1. The Morgan fingerprint density at radius 3 is 2.75 bits per heavy atom. The predicted octanol–water partition coefficient (Wildman–Crippen LogP) is 0.996. The molecule has 11 heteroatoms. The Bertz CT molecular complexity index is 781. The second-order valence-corrected chi connectivity index (χ2v) is 4.85. The summed E-state index contributed by atoms with van der Waals surface area (Å²) in [7, 11) is 0. The highest BCUT2D eigenvalue weighted by Crippen LogP contribution is 2.16. The van der Waals surface area contributed by atoms with E-state index in [0.29, 0.717) is 12.2 Å². The van der Waals surface area contributed by atoms with Crippen LogP contribution in [-0.4, -0.2) is 36.6 Å². The number of nitrogens with zero attached hydrogens (tertiary/aromatic N) is 6. The average Bonchev–Trinajstić information content (AvgIpc) is 3.08. The molecule has 0 atom stereocenters. The van der Waals surface area contributed by atoms with Gasteiger partial charge in [0, 0.05) is 13.0 Å². The molecule has 10 nitrogen and oxygen atoms in total. The fraction of sp³-hybridized carbons (Fsp3) is 0.385. The van der Waals surface area contributed by atoms with Crippen LogP contribution in [0.2, 0.25) is 0 Å². The lowest BCUT2D eigenvalue weighted by Gasteiger charge is -2.02. The van der Waals surface area contributed by atoms with Gasteiger partial charge in [-0.2, -0.15) is 19.7 Å². The summed E-state index contributed by atoms with van der Waals surface area (Å²) in [5.41, 5.74) is 2.69. The largest absolute Gasteiger partial charge is 0.309 e. The minimum atomic E-state index is -0.534. The zero-order chi connectivity index (χ0) is 17.7. The molecule has 24 heavy (non-hydrogen) atoms. The van der Waals surface area contributed by atoms with Crippen LogP contribution in [0.4, 0.5) is 10.1 Å². The summed E-state index contributed by atoms with van der Waals surface area (Å²) in [6.45, 7) is 3.86. The molecule has 0 saturated heterocycles. The average molecular weight is 337 g/mol. The number of hydrogen-bond acceptors (Lipinski definition) is 6. The maximum atomic E-state index is 13.7. The molecular formula is C13H16FN7O3. The molecule has 2 aromatic heterocycles. The summed E-state index contributed by atoms with van der Waals surface area (Å²) in [4.78, 5) is 21.9. The molecule has 0 bridgehead atoms. The Balaban J connectivity index is 1.86. The van der Waals surface area contributed by atoms with E-state index in [2.05, 4.69) is 20.7 Å². The van der Waals surface area contributed by atoms with Crippen LogP contribution in [0.15, 0.2) is 17.5 Å². The van der Waals surface area contributed by atoms with Crippen LogP contribution < -0.4 is 5.43 Å². The summed E-state index contributed by atoms with van der Waals surface area (Å²) >= 11 is 0. The van der Waals surface area contributed by atoms with E-state index >= 15 is 0 Å². The smallest absolute Gasteiger partial charge is 0.273 e. The minimum absolute atomic E-state index is 0.0215. The van der Waals surface area contributed by atoms with Crippen LogP contribution in [0, 0.1) is 23.0 Å². The number of carbonyl (C=O) groups excluding carboxylic acids is 1. The van der Waals surface area contributed by atoms with Crippen molar-refractivity contribution in [2.75, 3.05) is 0 Å². The number of rotatable bonds is 7. The quantitative estimate of drug-likeness (QED) is 0.459. The van der Waals surface area contributed by atoms with Gasteiger partial charge in [-0.15, -0.1) is 0 Å². The Morgan fingerprint density at radius 2 is 2.17 bits per heavy atom. The van der Waals surface area contributed by atoms with E-state index in [0.717, 1.165) is 17.1 Å². The first-order valence-corrected chi connectivity index (χ1v) is 7.14. The lowest BCUT2D eigenvalue weighted by atomic mass is 10.3. The molecule has 1 amide bonds. The monoisotopic (exact) mass is 337 g/mol. The van der Waals surface area contributed by atoms with E-state index in [1.165, 1.54) is 10.9 Å². The number of aryl methyl sites for hydroxylation is 2. The number of aromatic nitrogens is 4. The van der Waals surface area contributed by atoms with Crippen molar-refractivity contribution in [2.24, 2.45) is 5.10 Å². The van der Waals surface area contributed by atoms with Crippen molar-refractivity contribution in [3.63, 3.8) is 0 Å². The van der Waals surface area contributed by atoms with Crippen molar-refractivity contribution in [2.45, 2.75) is 33.4 Å². The van der Waals surface area contributed by atoms with Gasteiger partial charge in [0.25, 0.3) is 0 Å². The predicted molar refractivity (Wildman–Crippen MR) is 81.8 cm³/mol. The van der Waals surface area contributed by atoms with Gasteiger partial charge in [0.15, 0.2) is 0 Å². The van der Waals surface area contributed by atoms with Crippen molar-refractivity contribution >= 4 is 17.8 Å². The van der Waals surface area contributed by atoms with Gasteiger partial charge >= 0.3 is 5.69 Å². The van der Waals surface area contributed by atoms with Crippen LogP contribution in [0.3, 0.4) is 0 Å². The van der Waals surface area contributed by atoms with Crippen molar-refractivity contribution in [1.82, 2.24) is 25.0 Å². The van der Waals surface area contributed by atoms with E-state index in [9.17, 15) is 19.3 Å². The fourth-order valence-electron chi connectivity index (χ4n) is 1.97. The molecule has 1 N–H and O–H groups in total. The van der Waals surface area contributed by atoms with E-state index in [-0.39, 0.29) is 24.2 Å². The molecular weight excluding hydrogens is 321 g/mol. The number of amides is 1. The van der Waals surface area contributed by atoms with Crippen molar-refractivity contribution in [3.05, 3.63) is 39.7 Å². The molecule has 2 rings (SSSR count). The van der Waals surface area contributed by atoms with E-state index in [4.69, 9.17) is 0 Å². The molecule has 0 aliphatic heterocycles.